The van der Waals surface area contributed by atoms with Gasteiger partial charge >= 0.3 is 6.18 Å². The Morgan fingerprint density at radius 1 is 0.900 bits per heavy atom. The van der Waals surface area contributed by atoms with Crippen LogP contribution in [0.1, 0.15) is 15.9 Å². The molecule has 1 heterocycles. The van der Waals surface area contributed by atoms with E-state index in [9.17, 15) is 26.4 Å². The van der Waals surface area contributed by atoms with Crippen LogP contribution in [0, 0.1) is 0 Å². The van der Waals surface area contributed by atoms with E-state index >= 15 is 0 Å². The number of fused-ring (bicyclic) bond motifs is 2. The fraction of sp³-hybridized carbons (Fsp3) is 0.0500. The van der Waals surface area contributed by atoms with E-state index < -0.39 is 27.7 Å². The second kappa shape index (κ2) is 7.06. The molecule has 4 rings (SSSR count). The van der Waals surface area contributed by atoms with Gasteiger partial charge in [0.15, 0.2) is 5.75 Å². The Labute approximate surface area is 169 Å². The molecule has 0 bridgehead atoms. The van der Waals surface area contributed by atoms with Gasteiger partial charge in [0, 0.05) is 5.69 Å². The molecule has 1 aliphatic rings. The third kappa shape index (κ3) is 3.81. The van der Waals surface area contributed by atoms with Crippen molar-refractivity contribution >= 4 is 27.3 Å². The van der Waals surface area contributed by atoms with Gasteiger partial charge in [-0.05, 0) is 54.6 Å². The molecule has 0 aromatic heterocycles. The summed E-state index contributed by atoms with van der Waals surface area (Å²) < 4.78 is 71.1. The summed E-state index contributed by atoms with van der Waals surface area (Å²) in [4.78, 5) is 12.2. The molecule has 0 saturated heterocycles. The van der Waals surface area contributed by atoms with E-state index in [0.717, 1.165) is 12.1 Å². The first kappa shape index (κ1) is 19.8. The summed E-state index contributed by atoms with van der Waals surface area (Å²) in [6.45, 7) is 0. The zero-order chi connectivity index (χ0) is 21.5. The summed E-state index contributed by atoms with van der Waals surface area (Å²) in [5.41, 5.74) is -0.345. The lowest BCUT2D eigenvalue weighted by Crippen LogP contribution is -2.15. The zero-order valence-corrected chi connectivity index (χ0v) is 15.8. The van der Waals surface area contributed by atoms with Crippen LogP contribution in [0.25, 0.3) is 0 Å². The van der Waals surface area contributed by atoms with Crippen molar-refractivity contribution in [2.24, 2.45) is 0 Å². The van der Waals surface area contributed by atoms with E-state index in [0.29, 0.717) is 23.6 Å². The van der Waals surface area contributed by atoms with Crippen LogP contribution in [0.3, 0.4) is 0 Å². The standard InChI is InChI=1S/C20H13F3N2O4S/c21-20(22,23)12-5-8-14(9-6-12)30(27,28)25-13-7-10-17-15(11-13)19(26)24-16-3-1-2-4-18(16)29-17/h1-11,25H,(H,24,26). The fourth-order valence-electron chi connectivity index (χ4n) is 2.86. The molecule has 30 heavy (non-hydrogen) atoms. The quantitative estimate of drug-likeness (QED) is 0.616. The van der Waals surface area contributed by atoms with E-state index in [4.69, 9.17) is 4.74 Å². The van der Waals surface area contributed by atoms with Crippen molar-refractivity contribution in [3.8, 4) is 11.5 Å². The van der Waals surface area contributed by atoms with E-state index in [1.165, 1.54) is 18.2 Å². The topological polar surface area (TPSA) is 84.5 Å². The Balaban J connectivity index is 1.62. The molecular formula is C20H13F3N2O4S. The molecule has 10 heteroatoms. The van der Waals surface area contributed by atoms with E-state index in [2.05, 4.69) is 10.0 Å². The van der Waals surface area contributed by atoms with Crippen LogP contribution in [0.4, 0.5) is 24.5 Å². The highest BCUT2D eigenvalue weighted by Gasteiger charge is 2.30. The lowest BCUT2D eigenvalue weighted by atomic mass is 10.1. The first-order valence-electron chi connectivity index (χ1n) is 8.56. The Hall–Kier alpha value is -3.53. The maximum absolute atomic E-state index is 12.7. The minimum atomic E-state index is -4.57. The summed E-state index contributed by atoms with van der Waals surface area (Å²) in [6, 6.07) is 14.0. The number of sulfonamides is 1. The number of alkyl halides is 3. The van der Waals surface area contributed by atoms with Crippen molar-refractivity contribution in [2.45, 2.75) is 11.1 Å². The molecule has 0 unspecified atom stereocenters. The Kier molecular flexibility index (Phi) is 4.65. The first-order chi connectivity index (χ1) is 14.1. The third-order valence-corrected chi connectivity index (χ3v) is 5.72. The molecule has 0 saturated carbocycles. The molecule has 0 radical (unpaired) electrons. The number of rotatable bonds is 3. The summed E-state index contributed by atoms with van der Waals surface area (Å²) in [5, 5.41) is 2.67. The highest BCUT2D eigenvalue weighted by Crippen LogP contribution is 2.36. The SMILES string of the molecule is O=C1Nc2ccccc2Oc2ccc(NS(=O)(=O)c3ccc(C(F)(F)F)cc3)cc21. The van der Waals surface area contributed by atoms with Gasteiger partial charge in [-0.1, -0.05) is 12.1 Å². The molecule has 3 aromatic rings. The van der Waals surface area contributed by atoms with Crippen molar-refractivity contribution < 1.29 is 31.1 Å². The van der Waals surface area contributed by atoms with Crippen LogP contribution in [0.2, 0.25) is 0 Å². The molecular weight excluding hydrogens is 421 g/mol. The number of carbonyl (C=O) groups is 1. The molecule has 0 aliphatic carbocycles. The average molecular weight is 434 g/mol. The lowest BCUT2D eigenvalue weighted by Gasteiger charge is -2.12. The van der Waals surface area contributed by atoms with Gasteiger partial charge in [0.1, 0.15) is 5.75 Å². The molecule has 1 amide bonds. The van der Waals surface area contributed by atoms with Gasteiger partial charge in [-0.3, -0.25) is 9.52 Å². The van der Waals surface area contributed by atoms with E-state index in [1.807, 2.05) is 0 Å². The van der Waals surface area contributed by atoms with Gasteiger partial charge in [0.2, 0.25) is 0 Å². The normalized spacial score (nSPS) is 13.4. The van der Waals surface area contributed by atoms with E-state index in [1.54, 1.807) is 24.3 Å². The van der Waals surface area contributed by atoms with Crippen LogP contribution < -0.4 is 14.8 Å². The van der Waals surface area contributed by atoms with Crippen molar-refractivity contribution in [1.29, 1.82) is 0 Å². The summed E-state index contributed by atoms with van der Waals surface area (Å²) >= 11 is 0. The largest absolute Gasteiger partial charge is 0.454 e. The molecule has 0 atom stereocenters. The van der Waals surface area contributed by atoms with Gasteiger partial charge < -0.3 is 10.1 Å². The summed E-state index contributed by atoms with van der Waals surface area (Å²) in [7, 11) is -4.17. The van der Waals surface area contributed by atoms with Crippen molar-refractivity contribution in [1.82, 2.24) is 0 Å². The first-order valence-corrected chi connectivity index (χ1v) is 10.0. The van der Waals surface area contributed by atoms with Crippen LogP contribution >= 0.6 is 0 Å². The number of amides is 1. The number of carbonyl (C=O) groups excluding carboxylic acids is 1. The second-order valence-corrected chi connectivity index (χ2v) is 8.07. The number of hydrogen-bond donors (Lipinski definition) is 2. The number of anilines is 2. The molecule has 0 spiro atoms. The second-order valence-electron chi connectivity index (χ2n) is 6.39. The molecule has 3 aromatic carbocycles. The summed E-state index contributed by atoms with van der Waals surface area (Å²) in [5.74, 6) is 0.170. The van der Waals surface area contributed by atoms with Gasteiger partial charge in [-0.15, -0.1) is 0 Å². The summed E-state index contributed by atoms with van der Waals surface area (Å²) in [6.07, 6.45) is -4.57. The number of nitrogens with one attached hydrogen (secondary N) is 2. The van der Waals surface area contributed by atoms with Crippen molar-refractivity contribution in [3.05, 3.63) is 77.9 Å². The third-order valence-electron chi connectivity index (χ3n) is 4.32. The molecule has 154 valence electrons. The minimum Gasteiger partial charge on any atom is -0.454 e. The van der Waals surface area contributed by atoms with Crippen molar-refractivity contribution in [3.63, 3.8) is 0 Å². The number of benzene rings is 3. The van der Waals surface area contributed by atoms with Gasteiger partial charge in [-0.2, -0.15) is 13.2 Å². The maximum Gasteiger partial charge on any atom is 0.416 e. The smallest absolute Gasteiger partial charge is 0.416 e. The number of para-hydroxylation sites is 2. The number of halogens is 3. The van der Waals surface area contributed by atoms with Gasteiger partial charge in [0.05, 0.1) is 21.7 Å². The predicted molar refractivity (Wildman–Crippen MR) is 103 cm³/mol. The zero-order valence-electron chi connectivity index (χ0n) is 15.0. The Morgan fingerprint density at radius 3 is 2.30 bits per heavy atom. The molecule has 6 nitrogen and oxygen atoms in total. The number of hydrogen-bond acceptors (Lipinski definition) is 4. The highest BCUT2D eigenvalue weighted by molar-refractivity contribution is 7.92. The average Bonchev–Trinajstić information content (AvgIpc) is 2.83. The van der Waals surface area contributed by atoms with Crippen LogP contribution in [0.5, 0.6) is 11.5 Å². The Morgan fingerprint density at radius 2 is 1.60 bits per heavy atom. The van der Waals surface area contributed by atoms with E-state index in [-0.39, 0.29) is 21.9 Å². The lowest BCUT2D eigenvalue weighted by molar-refractivity contribution is -0.137. The molecule has 2 N–H and O–H groups in total. The minimum absolute atomic E-state index is 0.0540. The van der Waals surface area contributed by atoms with Crippen molar-refractivity contribution in [2.75, 3.05) is 10.0 Å². The monoisotopic (exact) mass is 434 g/mol. The van der Waals surface area contributed by atoms with Crippen LogP contribution in [-0.4, -0.2) is 14.3 Å². The number of ether oxygens (including phenoxy) is 1. The van der Waals surface area contributed by atoms with Crippen LogP contribution in [0.15, 0.2) is 71.6 Å². The molecule has 1 aliphatic heterocycles. The van der Waals surface area contributed by atoms with Gasteiger partial charge in [0.25, 0.3) is 15.9 Å². The Bertz CT molecular complexity index is 1240. The van der Waals surface area contributed by atoms with Crippen LogP contribution in [-0.2, 0) is 16.2 Å². The molecule has 0 fully saturated rings. The highest BCUT2D eigenvalue weighted by atomic mass is 32.2. The predicted octanol–water partition coefficient (Wildman–Crippen LogP) is 4.86. The maximum atomic E-state index is 12.7. The fourth-order valence-corrected chi connectivity index (χ4v) is 3.91. The van der Waals surface area contributed by atoms with Gasteiger partial charge in [-0.25, -0.2) is 8.42 Å².